The number of carbonyl (C=O) groups is 1. The summed E-state index contributed by atoms with van der Waals surface area (Å²) >= 11 is 1.71. The van der Waals surface area contributed by atoms with Gasteiger partial charge in [0.25, 0.3) is 0 Å². The second kappa shape index (κ2) is 6.52. The molecule has 0 saturated heterocycles. The number of fused-ring (bicyclic) bond motifs is 1. The molecule has 1 aliphatic carbocycles. The Labute approximate surface area is 130 Å². The van der Waals surface area contributed by atoms with Gasteiger partial charge in [-0.25, -0.2) is 0 Å². The fourth-order valence-electron chi connectivity index (χ4n) is 3.23. The molecule has 0 radical (unpaired) electrons. The van der Waals surface area contributed by atoms with Gasteiger partial charge in [-0.1, -0.05) is 55.3 Å². The van der Waals surface area contributed by atoms with E-state index in [1.165, 1.54) is 29.2 Å². The van der Waals surface area contributed by atoms with E-state index in [9.17, 15) is 4.79 Å². The molecule has 21 heavy (non-hydrogen) atoms. The summed E-state index contributed by atoms with van der Waals surface area (Å²) < 4.78 is 0. The zero-order valence-corrected chi connectivity index (χ0v) is 12.9. The molecule has 2 nitrogen and oxygen atoms in total. The molecule has 1 aliphatic rings. The van der Waals surface area contributed by atoms with Gasteiger partial charge in [-0.15, -0.1) is 11.8 Å². The maximum Gasteiger partial charge on any atom is 0.230 e. The Kier molecular flexibility index (Phi) is 4.49. The molecule has 1 atom stereocenters. The lowest BCUT2D eigenvalue weighted by atomic mass is 10.0. The Morgan fingerprint density at radius 2 is 1.86 bits per heavy atom. The number of carbonyl (C=O) groups excluding carboxylic acids is 1. The maximum absolute atomic E-state index is 11.7. The molecular formula is C18H21NOS. The van der Waals surface area contributed by atoms with Crippen LogP contribution in [0.2, 0.25) is 0 Å². The minimum absolute atomic E-state index is 0.0287. The van der Waals surface area contributed by atoms with E-state index in [0.29, 0.717) is 5.92 Å². The monoisotopic (exact) mass is 299 g/mol. The second-order valence-electron chi connectivity index (χ2n) is 5.86. The summed E-state index contributed by atoms with van der Waals surface area (Å²) in [6.45, 7) is 0. The molecule has 0 bridgehead atoms. The van der Waals surface area contributed by atoms with E-state index in [1.807, 2.05) is 0 Å². The smallest absolute Gasteiger partial charge is 0.230 e. The van der Waals surface area contributed by atoms with Crippen LogP contribution in [0, 0.1) is 5.92 Å². The lowest BCUT2D eigenvalue weighted by molar-refractivity contribution is -0.118. The normalized spacial score (nSPS) is 17.1. The van der Waals surface area contributed by atoms with E-state index in [-0.39, 0.29) is 11.2 Å². The largest absolute Gasteiger partial charge is 0.369 e. The molecule has 0 aromatic heterocycles. The molecule has 3 rings (SSSR count). The highest BCUT2D eigenvalue weighted by molar-refractivity contribution is 7.99. The third kappa shape index (κ3) is 3.41. The molecule has 1 saturated carbocycles. The van der Waals surface area contributed by atoms with Gasteiger partial charge in [0.15, 0.2) is 0 Å². The Morgan fingerprint density at radius 3 is 2.57 bits per heavy atom. The first-order valence-corrected chi connectivity index (χ1v) is 8.67. The van der Waals surface area contributed by atoms with Gasteiger partial charge in [-0.3, -0.25) is 4.79 Å². The standard InChI is InChI=1S/C18H21NOS/c19-18(20)17(15-6-2-3-7-15)21-12-13-9-10-14-5-1-4-8-16(14)11-13/h1,4-5,8-11,15,17H,2-3,6-7,12H2,(H2,19,20). The van der Waals surface area contributed by atoms with Crippen LogP contribution in [-0.4, -0.2) is 11.2 Å². The highest BCUT2D eigenvalue weighted by atomic mass is 32.2. The topological polar surface area (TPSA) is 43.1 Å². The quantitative estimate of drug-likeness (QED) is 0.902. The van der Waals surface area contributed by atoms with Gasteiger partial charge in [0, 0.05) is 5.75 Å². The van der Waals surface area contributed by atoms with Gasteiger partial charge in [0.05, 0.1) is 5.25 Å². The predicted octanol–water partition coefficient (Wildman–Crippen LogP) is 4.12. The number of hydrogen-bond donors (Lipinski definition) is 1. The Bertz CT molecular complexity index is 634. The average molecular weight is 299 g/mol. The molecule has 1 fully saturated rings. The van der Waals surface area contributed by atoms with Crippen molar-refractivity contribution in [1.29, 1.82) is 0 Å². The van der Waals surface area contributed by atoms with Crippen molar-refractivity contribution in [2.75, 3.05) is 0 Å². The number of nitrogens with two attached hydrogens (primary N) is 1. The molecule has 1 amide bonds. The van der Waals surface area contributed by atoms with Crippen molar-refractivity contribution in [3.8, 4) is 0 Å². The molecule has 2 aromatic carbocycles. The minimum atomic E-state index is -0.146. The first-order valence-electron chi connectivity index (χ1n) is 7.62. The van der Waals surface area contributed by atoms with E-state index in [1.54, 1.807) is 11.8 Å². The summed E-state index contributed by atoms with van der Waals surface area (Å²) in [7, 11) is 0. The Morgan fingerprint density at radius 1 is 1.14 bits per heavy atom. The first-order chi connectivity index (χ1) is 10.2. The molecule has 0 aliphatic heterocycles. The van der Waals surface area contributed by atoms with Crippen LogP contribution in [0.15, 0.2) is 42.5 Å². The van der Waals surface area contributed by atoms with Gasteiger partial charge >= 0.3 is 0 Å². The van der Waals surface area contributed by atoms with Crippen molar-refractivity contribution in [2.45, 2.75) is 36.7 Å². The third-order valence-electron chi connectivity index (χ3n) is 4.35. The van der Waals surface area contributed by atoms with Crippen molar-refractivity contribution in [1.82, 2.24) is 0 Å². The van der Waals surface area contributed by atoms with Crippen LogP contribution in [0.4, 0.5) is 0 Å². The zero-order chi connectivity index (χ0) is 14.7. The van der Waals surface area contributed by atoms with Crippen molar-refractivity contribution >= 4 is 28.4 Å². The summed E-state index contributed by atoms with van der Waals surface area (Å²) in [5, 5.41) is 2.49. The zero-order valence-electron chi connectivity index (χ0n) is 12.1. The van der Waals surface area contributed by atoms with E-state index in [4.69, 9.17) is 5.73 Å². The molecule has 0 spiro atoms. The van der Waals surface area contributed by atoms with Crippen LogP contribution in [0.3, 0.4) is 0 Å². The van der Waals surface area contributed by atoms with Gasteiger partial charge in [-0.2, -0.15) is 0 Å². The van der Waals surface area contributed by atoms with Crippen molar-refractivity contribution in [3.63, 3.8) is 0 Å². The Hall–Kier alpha value is -1.48. The van der Waals surface area contributed by atoms with Gasteiger partial charge < -0.3 is 5.73 Å². The third-order valence-corrected chi connectivity index (χ3v) is 5.83. The van der Waals surface area contributed by atoms with E-state index in [0.717, 1.165) is 18.6 Å². The van der Waals surface area contributed by atoms with E-state index < -0.39 is 0 Å². The highest BCUT2D eigenvalue weighted by Crippen LogP contribution is 2.35. The fourth-order valence-corrected chi connectivity index (χ4v) is 4.49. The van der Waals surface area contributed by atoms with Crippen LogP contribution in [0.5, 0.6) is 0 Å². The van der Waals surface area contributed by atoms with Crippen molar-refractivity contribution in [3.05, 3.63) is 48.0 Å². The average Bonchev–Trinajstić information content (AvgIpc) is 3.01. The number of thioether (sulfide) groups is 1. The molecule has 0 heterocycles. The number of benzene rings is 2. The SMILES string of the molecule is NC(=O)C(SCc1ccc2ccccc2c1)C1CCCC1. The molecule has 1 unspecified atom stereocenters. The summed E-state index contributed by atoms with van der Waals surface area (Å²) in [4.78, 5) is 11.7. The number of amides is 1. The van der Waals surface area contributed by atoms with Crippen LogP contribution in [0.1, 0.15) is 31.2 Å². The number of primary amides is 1. The lowest BCUT2D eigenvalue weighted by Gasteiger charge is -2.19. The number of rotatable bonds is 5. The summed E-state index contributed by atoms with van der Waals surface area (Å²) in [6, 6.07) is 14.9. The van der Waals surface area contributed by atoms with Crippen LogP contribution in [-0.2, 0) is 10.5 Å². The Balaban J connectivity index is 1.70. The van der Waals surface area contributed by atoms with Crippen LogP contribution >= 0.6 is 11.8 Å². The van der Waals surface area contributed by atoms with Crippen molar-refractivity contribution in [2.24, 2.45) is 11.7 Å². The minimum Gasteiger partial charge on any atom is -0.369 e. The summed E-state index contributed by atoms with van der Waals surface area (Å²) in [5.74, 6) is 1.19. The van der Waals surface area contributed by atoms with Gasteiger partial charge in [-0.05, 0) is 35.1 Å². The van der Waals surface area contributed by atoms with Crippen LogP contribution in [0.25, 0.3) is 10.8 Å². The summed E-state index contributed by atoms with van der Waals surface area (Å²) in [6.07, 6.45) is 4.78. The maximum atomic E-state index is 11.7. The molecule has 3 heteroatoms. The lowest BCUT2D eigenvalue weighted by Crippen LogP contribution is -2.31. The molecule has 2 N–H and O–H groups in total. The second-order valence-corrected chi connectivity index (χ2v) is 6.99. The number of hydrogen-bond acceptors (Lipinski definition) is 2. The van der Waals surface area contributed by atoms with Gasteiger partial charge in [0.2, 0.25) is 5.91 Å². The molecule has 110 valence electrons. The predicted molar refractivity (Wildman–Crippen MR) is 90.2 cm³/mol. The fraction of sp³-hybridized carbons (Fsp3) is 0.389. The van der Waals surface area contributed by atoms with E-state index >= 15 is 0 Å². The van der Waals surface area contributed by atoms with Crippen molar-refractivity contribution < 1.29 is 4.79 Å². The highest BCUT2D eigenvalue weighted by Gasteiger charge is 2.29. The van der Waals surface area contributed by atoms with Crippen LogP contribution < -0.4 is 5.73 Å². The van der Waals surface area contributed by atoms with E-state index in [2.05, 4.69) is 42.5 Å². The summed E-state index contributed by atoms with van der Waals surface area (Å²) in [5.41, 5.74) is 6.88. The molecule has 2 aromatic rings. The first kappa shape index (κ1) is 14.5. The van der Waals surface area contributed by atoms with Gasteiger partial charge in [0.1, 0.15) is 0 Å². The molecular weight excluding hydrogens is 278 g/mol.